The summed E-state index contributed by atoms with van der Waals surface area (Å²) in [5.41, 5.74) is 0. The quantitative estimate of drug-likeness (QED) is 0.333. The molecule has 1 aliphatic carbocycles. The molecule has 190 valence electrons. The molecule has 0 bridgehead atoms. The van der Waals surface area contributed by atoms with Gasteiger partial charge in [-0.25, -0.2) is 19.8 Å². The third-order valence-corrected chi connectivity index (χ3v) is 6.32. The first kappa shape index (κ1) is 26.3. The number of unbranched alkanes of at least 4 members (excludes halogenated alkanes) is 3. The first-order valence-electron chi connectivity index (χ1n) is 12.8. The van der Waals surface area contributed by atoms with Crippen molar-refractivity contribution in [2.24, 2.45) is 0 Å². The minimum Gasteiger partial charge on any atom is -0.379 e. The van der Waals surface area contributed by atoms with Gasteiger partial charge in [-0.2, -0.15) is 0 Å². The van der Waals surface area contributed by atoms with Gasteiger partial charge < -0.3 is 10.1 Å². The van der Waals surface area contributed by atoms with E-state index in [2.05, 4.69) is 25.5 Å². The Bertz CT molecular complexity index is 711. The summed E-state index contributed by atoms with van der Waals surface area (Å²) < 4.78 is 5.40. The monoisotopic (exact) mass is 476 g/mol. The van der Waals surface area contributed by atoms with Crippen LogP contribution in [0.3, 0.4) is 0 Å². The van der Waals surface area contributed by atoms with E-state index in [1.807, 2.05) is 0 Å². The molecule has 1 saturated carbocycles. The number of nitrogens with one attached hydrogen (secondary N) is 2. The minimum atomic E-state index is -0.272. The molecule has 1 saturated heterocycles. The molecule has 2 fully saturated rings. The van der Waals surface area contributed by atoms with Gasteiger partial charge in [0.05, 0.1) is 25.9 Å². The number of hydroxylamine groups is 2. The summed E-state index contributed by atoms with van der Waals surface area (Å²) in [4.78, 5) is 41.0. The molecule has 1 aromatic heterocycles. The van der Waals surface area contributed by atoms with Gasteiger partial charge in [-0.1, -0.05) is 32.1 Å². The Labute approximate surface area is 202 Å². The van der Waals surface area contributed by atoms with E-state index in [1.54, 1.807) is 17.3 Å². The van der Waals surface area contributed by atoms with Crippen LogP contribution in [0.15, 0.2) is 18.6 Å². The predicted molar refractivity (Wildman–Crippen MR) is 129 cm³/mol. The van der Waals surface area contributed by atoms with Gasteiger partial charge in [-0.3, -0.25) is 19.8 Å². The fourth-order valence-electron chi connectivity index (χ4n) is 4.38. The second kappa shape index (κ2) is 15.6. The second-order valence-electron chi connectivity index (χ2n) is 8.94. The zero-order chi connectivity index (χ0) is 23.8. The topological polar surface area (TPSA) is 109 Å². The number of urea groups is 1. The number of anilines is 1. The lowest BCUT2D eigenvalue weighted by Crippen LogP contribution is -2.44. The van der Waals surface area contributed by atoms with E-state index in [-0.39, 0.29) is 18.0 Å². The SMILES string of the molecule is O=C(NCCCCCCC(=O)N(OCCN1CCOCC1)C1CCCCC1)Nc1ccncn1. The first-order valence-corrected chi connectivity index (χ1v) is 12.8. The van der Waals surface area contributed by atoms with Gasteiger partial charge in [0, 0.05) is 38.8 Å². The van der Waals surface area contributed by atoms with Crippen molar-refractivity contribution >= 4 is 17.8 Å². The van der Waals surface area contributed by atoms with Crippen LogP contribution in [-0.4, -0.2) is 83.9 Å². The maximum atomic E-state index is 13.0. The Hall–Kier alpha value is -2.30. The third kappa shape index (κ3) is 9.90. The normalized spacial score (nSPS) is 17.3. The number of ether oxygens (including phenoxy) is 1. The molecule has 0 radical (unpaired) electrons. The van der Waals surface area contributed by atoms with Crippen molar-refractivity contribution in [2.75, 3.05) is 51.3 Å². The fourth-order valence-corrected chi connectivity index (χ4v) is 4.38. The molecule has 3 rings (SSSR count). The van der Waals surface area contributed by atoms with Crippen LogP contribution in [0.4, 0.5) is 10.6 Å². The molecule has 34 heavy (non-hydrogen) atoms. The van der Waals surface area contributed by atoms with Crippen molar-refractivity contribution in [3.05, 3.63) is 18.6 Å². The predicted octanol–water partition coefficient (Wildman–Crippen LogP) is 2.97. The zero-order valence-corrected chi connectivity index (χ0v) is 20.3. The fraction of sp³-hybridized carbons (Fsp3) is 0.750. The molecule has 0 atom stereocenters. The van der Waals surface area contributed by atoms with Gasteiger partial charge in [0.2, 0.25) is 5.91 Å². The maximum Gasteiger partial charge on any atom is 0.320 e. The highest BCUT2D eigenvalue weighted by Crippen LogP contribution is 2.24. The van der Waals surface area contributed by atoms with E-state index < -0.39 is 0 Å². The Balaban J connectivity index is 1.28. The number of amides is 3. The van der Waals surface area contributed by atoms with E-state index in [1.165, 1.54) is 25.6 Å². The largest absolute Gasteiger partial charge is 0.379 e. The zero-order valence-electron chi connectivity index (χ0n) is 20.3. The summed E-state index contributed by atoms with van der Waals surface area (Å²) in [6, 6.07) is 1.58. The summed E-state index contributed by atoms with van der Waals surface area (Å²) in [5, 5.41) is 7.20. The van der Waals surface area contributed by atoms with Crippen LogP contribution in [0.2, 0.25) is 0 Å². The molecule has 2 heterocycles. The van der Waals surface area contributed by atoms with E-state index in [4.69, 9.17) is 9.57 Å². The van der Waals surface area contributed by atoms with Crippen LogP contribution >= 0.6 is 0 Å². The van der Waals surface area contributed by atoms with Gasteiger partial charge in [-0.15, -0.1) is 0 Å². The van der Waals surface area contributed by atoms with E-state index >= 15 is 0 Å². The molecule has 3 amide bonds. The summed E-state index contributed by atoms with van der Waals surface area (Å²) in [7, 11) is 0. The van der Waals surface area contributed by atoms with Crippen LogP contribution in [0.1, 0.15) is 64.2 Å². The number of hydrogen-bond donors (Lipinski definition) is 2. The molecule has 2 aliphatic rings. The number of carbonyl (C=O) groups is 2. The number of carbonyl (C=O) groups excluding carboxylic acids is 2. The van der Waals surface area contributed by atoms with Crippen molar-refractivity contribution in [3.63, 3.8) is 0 Å². The average Bonchev–Trinajstić information content (AvgIpc) is 2.87. The number of hydrogen-bond acceptors (Lipinski definition) is 7. The summed E-state index contributed by atoms with van der Waals surface area (Å²) >= 11 is 0. The molecule has 1 aromatic rings. The Kier molecular flexibility index (Phi) is 12.0. The summed E-state index contributed by atoms with van der Waals surface area (Å²) in [5.74, 6) is 0.580. The van der Waals surface area contributed by atoms with Crippen LogP contribution < -0.4 is 10.6 Å². The van der Waals surface area contributed by atoms with E-state index in [0.717, 1.165) is 71.4 Å². The van der Waals surface area contributed by atoms with Crippen LogP contribution in [-0.2, 0) is 14.4 Å². The number of aromatic nitrogens is 2. The summed E-state index contributed by atoms with van der Waals surface area (Å²) in [6.07, 6.45) is 12.7. The third-order valence-electron chi connectivity index (χ3n) is 6.32. The molecular formula is C24H40N6O4. The lowest BCUT2D eigenvalue weighted by Gasteiger charge is -2.34. The van der Waals surface area contributed by atoms with Crippen LogP contribution in [0, 0.1) is 0 Å². The van der Waals surface area contributed by atoms with Crippen molar-refractivity contribution in [1.29, 1.82) is 0 Å². The molecule has 0 spiro atoms. The molecule has 0 aromatic carbocycles. The van der Waals surface area contributed by atoms with Crippen molar-refractivity contribution in [2.45, 2.75) is 70.3 Å². The Morgan fingerprint density at radius 3 is 2.68 bits per heavy atom. The smallest absolute Gasteiger partial charge is 0.320 e. The molecular weight excluding hydrogens is 436 g/mol. The highest BCUT2D eigenvalue weighted by molar-refractivity contribution is 5.87. The molecule has 1 aliphatic heterocycles. The number of morpholine rings is 1. The number of rotatable bonds is 13. The molecule has 0 unspecified atom stereocenters. The van der Waals surface area contributed by atoms with E-state index in [0.29, 0.717) is 25.4 Å². The standard InChI is InChI=1S/C24H40N6O4/c31-23(10-6-1-2-7-12-26-24(32)28-22-11-13-25-20-27-22)30(21-8-4-3-5-9-21)34-19-16-29-14-17-33-18-15-29/h11,13,20-21H,1-10,12,14-19H2,(H2,25,26,27,28,32). The van der Waals surface area contributed by atoms with Gasteiger partial charge >= 0.3 is 6.03 Å². The lowest BCUT2D eigenvalue weighted by atomic mass is 9.95. The molecule has 2 N–H and O–H groups in total. The van der Waals surface area contributed by atoms with Crippen molar-refractivity contribution in [1.82, 2.24) is 25.2 Å². The Morgan fingerprint density at radius 2 is 1.91 bits per heavy atom. The first-order chi connectivity index (χ1) is 16.7. The molecule has 10 heteroatoms. The van der Waals surface area contributed by atoms with Crippen molar-refractivity contribution < 1.29 is 19.2 Å². The van der Waals surface area contributed by atoms with Crippen LogP contribution in [0.5, 0.6) is 0 Å². The van der Waals surface area contributed by atoms with Gasteiger partial charge in [0.1, 0.15) is 12.1 Å². The lowest BCUT2D eigenvalue weighted by molar-refractivity contribution is -0.205. The van der Waals surface area contributed by atoms with Crippen LogP contribution in [0.25, 0.3) is 0 Å². The highest BCUT2D eigenvalue weighted by Gasteiger charge is 2.26. The summed E-state index contributed by atoms with van der Waals surface area (Å²) in [6.45, 7) is 5.36. The number of nitrogens with zero attached hydrogens (tertiary/aromatic N) is 4. The molecule has 10 nitrogen and oxygen atoms in total. The highest BCUT2D eigenvalue weighted by atomic mass is 16.7. The minimum absolute atomic E-state index is 0.108. The average molecular weight is 477 g/mol. The second-order valence-corrected chi connectivity index (χ2v) is 8.94. The van der Waals surface area contributed by atoms with E-state index in [9.17, 15) is 9.59 Å². The van der Waals surface area contributed by atoms with Gasteiger partial charge in [0.15, 0.2) is 0 Å². The van der Waals surface area contributed by atoms with Gasteiger partial charge in [0.25, 0.3) is 0 Å². The van der Waals surface area contributed by atoms with Crippen molar-refractivity contribution in [3.8, 4) is 0 Å². The van der Waals surface area contributed by atoms with Gasteiger partial charge in [-0.05, 0) is 31.7 Å². The maximum absolute atomic E-state index is 13.0. The Morgan fingerprint density at radius 1 is 1.12 bits per heavy atom.